The van der Waals surface area contributed by atoms with Crippen LogP contribution in [0.2, 0.25) is 0 Å². The third-order valence-electron chi connectivity index (χ3n) is 6.23. The van der Waals surface area contributed by atoms with Gasteiger partial charge in [-0.2, -0.15) is 0 Å². The predicted octanol–water partition coefficient (Wildman–Crippen LogP) is 0.301. The summed E-state index contributed by atoms with van der Waals surface area (Å²) < 4.78 is 0. The first-order valence-electron chi connectivity index (χ1n) is 12.2. The highest BCUT2D eigenvalue weighted by Crippen LogP contribution is 2.33. The molecule has 0 spiro atoms. The van der Waals surface area contributed by atoms with E-state index in [1.165, 1.54) is 17.9 Å². The maximum absolute atomic E-state index is 13.8. The van der Waals surface area contributed by atoms with Gasteiger partial charge in [-0.15, -0.1) is 0 Å². The molecule has 0 aliphatic carbocycles. The summed E-state index contributed by atoms with van der Waals surface area (Å²) in [6.07, 6.45) is 0.226. The fraction of sp³-hybridized carbons (Fsp3) is 0.259. The van der Waals surface area contributed by atoms with Crippen LogP contribution in [-0.4, -0.2) is 77.6 Å². The van der Waals surface area contributed by atoms with Crippen molar-refractivity contribution in [3.63, 3.8) is 0 Å². The number of Topliss-reactive ketones (excluding diaryl/α,β-unsaturated/α-hetero) is 1. The summed E-state index contributed by atoms with van der Waals surface area (Å²) in [5.41, 5.74) is 1.34. The Morgan fingerprint density at radius 3 is 2.46 bits per heavy atom. The summed E-state index contributed by atoms with van der Waals surface area (Å²) in [6, 6.07) is 12.8. The number of benzene rings is 2. The molecule has 1 aliphatic heterocycles. The van der Waals surface area contributed by atoms with E-state index in [0.29, 0.717) is 11.8 Å². The summed E-state index contributed by atoms with van der Waals surface area (Å²) in [6.45, 7) is -0.430. The Morgan fingerprint density at radius 2 is 1.79 bits per heavy atom. The zero-order valence-corrected chi connectivity index (χ0v) is 21.0. The maximum Gasteiger partial charge on any atom is 0.268 e. The normalized spacial score (nSPS) is 15.7. The monoisotopic (exact) mass is 533 g/mol. The zero-order valence-electron chi connectivity index (χ0n) is 21.0. The van der Waals surface area contributed by atoms with Crippen molar-refractivity contribution in [2.75, 3.05) is 29.5 Å². The van der Waals surface area contributed by atoms with E-state index in [0.717, 1.165) is 10.3 Å². The third kappa shape index (κ3) is 6.02. The number of aliphatic hydroxyl groups excluding tert-OH is 1. The zero-order chi connectivity index (χ0) is 28.1. The van der Waals surface area contributed by atoms with Crippen molar-refractivity contribution in [1.29, 1.82) is 0 Å². The molecule has 202 valence electrons. The van der Waals surface area contributed by atoms with Gasteiger partial charge in [0, 0.05) is 17.3 Å². The van der Waals surface area contributed by atoms with Gasteiger partial charge in [-0.05, 0) is 31.2 Å². The molecule has 0 fully saturated rings. The summed E-state index contributed by atoms with van der Waals surface area (Å²) in [5.74, 6) is -3.04. The molecule has 4 N–H and O–H groups in total. The molecular weight excluding hydrogens is 506 g/mol. The predicted molar refractivity (Wildman–Crippen MR) is 141 cm³/mol. The third-order valence-corrected chi connectivity index (χ3v) is 6.23. The minimum absolute atomic E-state index is 0.188. The Morgan fingerprint density at radius 1 is 1.10 bits per heavy atom. The number of hydrogen-bond acceptors (Lipinski definition) is 7. The molecule has 12 nitrogen and oxygen atoms in total. The van der Waals surface area contributed by atoms with Gasteiger partial charge in [-0.3, -0.25) is 28.9 Å². The van der Waals surface area contributed by atoms with Crippen LogP contribution in [0.25, 0.3) is 10.9 Å². The number of carbonyl (C=O) groups is 6. The Labute approximate surface area is 223 Å². The molecule has 3 aromatic rings. The highest BCUT2D eigenvalue weighted by Gasteiger charge is 2.38. The van der Waals surface area contributed by atoms with Crippen molar-refractivity contribution >= 4 is 58.0 Å². The number of carbonyl (C=O) groups excluding carboxylic acids is 6. The van der Waals surface area contributed by atoms with Crippen molar-refractivity contribution in [3.8, 4) is 0 Å². The van der Waals surface area contributed by atoms with E-state index in [1.807, 2.05) is 12.1 Å². The number of aldehydes is 1. The van der Waals surface area contributed by atoms with Crippen molar-refractivity contribution in [1.82, 2.24) is 15.6 Å². The molecule has 1 aliphatic rings. The fourth-order valence-corrected chi connectivity index (χ4v) is 4.45. The molecule has 2 aromatic carbocycles. The van der Waals surface area contributed by atoms with Gasteiger partial charge in [0.1, 0.15) is 37.0 Å². The maximum atomic E-state index is 13.8. The molecule has 1 aromatic heterocycles. The molecule has 0 bridgehead atoms. The number of amides is 4. The van der Waals surface area contributed by atoms with Gasteiger partial charge in [-0.1, -0.05) is 30.3 Å². The molecule has 0 saturated heterocycles. The molecule has 12 heteroatoms. The van der Waals surface area contributed by atoms with E-state index < -0.39 is 48.9 Å². The number of H-pyrrole nitrogens is 1. The van der Waals surface area contributed by atoms with Gasteiger partial charge in [0.05, 0.1) is 24.0 Å². The average molecular weight is 534 g/mol. The van der Waals surface area contributed by atoms with Crippen LogP contribution in [0, 0.1) is 0 Å². The first-order valence-corrected chi connectivity index (χ1v) is 12.2. The Bertz CT molecular complexity index is 1420. The molecule has 39 heavy (non-hydrogen) atoms. The van der Waals surface area contributed by atoms with E-state index in [-0.39, 0.29) is 35.8 Å². The lowest BCUT2D eigenvalue weighted by Gasteiger charge is -2.25. The summed E-state index contributed by atoms with van der Waals surface area (Å²) >= 11 is 0. The smallest absolute Gasteiger partial charge is 0.268 e. The number of nitrogens with one attached hydrogen (secondary N) is 3. The first-order chi connectivity index (χ1) is 18.7. The highest BCUT2D eigenvalue weighted by atomic mass is 16.3. The molecule has 1 unspecified atom stereocenters. The van der Waals surface area contributed by atoms with Crippen LogP contribution < -0.4 is 20.4 Å². The van der Waals surface area contributed by atoms with E-state index in [9.17, 15) is 33.9 Å². The molecule has 0 saturated carbocycles. The lowest BCUT2D eigenvalue weighted by Crippen LogP contribution is -2.55. The van der Waals surface area contributed by atoms with Gasteiger partial charge in [0.15, 0.2) is 0 Å². The first kappa shape index (κ1) is 27.2. The van der Waals surface area contributed by atoms with Crippen LogP contribution in [0.4, 0.5) is 11.4 Å². The van der Waals surface area contributed by atoms with Crippen LogP contribution in [0.15, 0.2) is 54.6 Å². The minimum atomic E-state index is -1.29. The number of aliphatic hydroxyl groups is 1. The summed E-state index contributed by atoms with van der Waals surface area (Å²) in [4.78, 5) is 80.5. The largest absolute Gasteiger partial charge is 0.387 e. The average Bonchev–Trinajstić information content (AvgIpc) is 3.33. The number of aromatic nitrogens is 1. The van der Waals surface area contributed by atoms with Crippen molar-refractivity contribution in [2.45, 2.75) is 25.4 Å². The molecule has 4 rings (SSSR count). The number of aromatic amines is 1. The lowest BCUT2D eigenvalue weighted by atomic mass is 10.1. The molecule has 2 heterocycles. The number of para-hydroxylation sites is 3. The topological polar surface area (TPSA) is 169 Å². The van der Waals surface area contributed by atoms with E-state index in [1.54, 1.807) is 36.4 Å². The summed E-state index contributed by atoms with van der Waals surface area (Å²) in [5, 5.41) is 15.5. The number of anilines is 2. The SMILES string of the molecule is CC(=O)CC(C=O)NC(=O)CN1C(=O)[C@@H](NC(=O)c2cc3ccccc3[nH]2)CN(C(=O)CO)c2ccccc21. The number of ketones is 1. The molecule has 4 amide bonds. The Kier molecular flexibility index (Phi) is 8.15. The highest BCUT2D eigenvalue weighted by molar-refractivity contribution is 6.11. The second-order valence-corrected chi connectivity index (χ2v) is 9.09. The van der Waals surface area contributed by atoms with E-state index >= 15 is 0 Å². The Balaban J connectivity index is 1.66. The van der Waals surface area contributed by atoms with Gasteiger partial charge in [-0.25, -0.2) is 0 Å². The van der Waals surface area contributed by atoms with Gasteiger partial charge in [0.2, 0.25) is 5.91 Å². The lowest BCUT2D eigenvalue weighted by molar-refractivity contribution is -0.127. The number of rotatable bonds is 9. The summed E-state index contributed by atoms with van der Waals surface area (Å²) in [7, 11) is 0. The quantitative estimate of drug-likeness (QED) is 0.287. The van der Waals surface area contributed by atoms with Crippen molar-refractivity contribution in [2.24, 2.45) is 0 Å². The number of hydrogen-bond donors (Lipinski definition) is 4. The van der Waals surface area contributed by atoms with Gasteiger partial charge in [0.25, 0.3) is 17.7 Å². The Hall–Kier alpha value is -4.84. The van der Waals surface area contributed by atoms with Crippen molar-refractivity contribution in [3.05, 3.63) is 60.3 Å². The fourth-order valence-electron chi connectivity index (χ4n) is 4.45. The second kappa shape index (κ2) is 11.7. The molecular formula is C27H27N5O7. The van der Waals surface area contributed by atoms with Crippen LogP contribution in [0.1, 0.15) is 23.8 Å². The van der Waals surface area contributed by atoms with E-state index in [2.05, 4.69) is 15.6 Å². The number of nitrogens with zero attached hydrogens (tertiary/aromatic N) is 2. The van der Waals surface area contributed by atoms with E-state index in [4.69, 9.17) is 0 Å². The van der Waals surface area contributed by atoms with Crippen LogP contribution >= 0.6 is 0 Å². The van der Waals surface area contributed by atoms with Crippen molar-refractivity contribution < 1.29 is 33.9 Å². The van der Waals surface area contributed by atoms with Crippen LogP contribution in [0.3, 0.4) is 0 Å². The van der Waals surface area contributed by atoms with Gasteiger partial charge >= 0.3 is 0 Å². The molecule has 2 atom stereocenters. The molecule has 0 radical (unpaired) electrons. The van der Waals surface area contributed by atoms with Gasteiger partial charge < -0.3 is 30.4 Å². The van der Waals surface area contributed by atoms with Crippen LogP contribution in [-0.2, 0) is 24.0 Å². The number of fused-ring (bicyclic) bond motifs is 2. The second-order valence-electron chi connectivity index (χ2n) is 9.09. The van der Waals surface area contributed by atoms with Crippen LogP contribution in [0.5, 0.6) is 0 Å². The standard InChI is InChI=1S/C27H27N5O7/c1-16(35)10-18(14-33)28-24(36)13-32-23-9-5-4-8-22(23)31(25(37)15-34)12-21(27(32)39)30-26(38)20-11-17-6-2-3-7-19(17)29-20/h2-9,11,14,18,21,29,34H,10,12-13,15H2,1H3,(H,28,36)(H,30,38)/t18?,21-/m0/s1. The minimum Gasteiger partial charge on any atom is -0.387 e.